The van der Waals surface area contributed by atoms with E-state index in [0.29, 0.717) is 16.3 Å². The maximum Gasteiger partial charge on any atom is 0.345 e. The van der Waals surface area contributed by atoms with Crippen molar-refractivity contribution in [3.05, 3.63) is 64.7 Å². The van der Waals surface area contributed by atoms with E-state index in [4.69, 9.17) is 16.3 Å². The molecule has 2 aromatic rings. The van der Waals surface area contributed by atoms with Gasteiger partial charge in [0.2, 0.25) is 5.91 Å². The number of nitrogens with zero attached hydrogens (tertiary/aromatic N) is 1. The van der Waals surface area contributed by atoms with Gasteiger partial charge >= 0.3 is 5.97 Å². The lowest BCUT2D eigenvalue weighted by molar-refractivity contribution is -0.118. The number of hydrazone groups is 1. The molecule has 6 heteroatoms. The minimum atomic E-state index is -0.523. The fraction of sp³-hybridized carbons (Fsp3) is 0.0625. The molecule has 0 aromatic heterocycles. The van der Waals surface area contributed by atoms with Crippen LogP contribution in [-0.4, -0.2) is 18.1 Å². The monoisotopic (exact) mass is 316 g/mol. The number of nitrogens with one attached hydrogen (secondary N) is 1. The zero-order valence-electron chi connectivity index (χ0n) is 11.7. The Balaban J connectivity index is 2.02. The van der Waals surface area contributed by atoms with Gasteiger partial charge in [0.25, 0.3) is 0 Å². The molecule has 0 unspecified atom stereocenters. The topological polar surface area (TPSA) is 67.8 Å². The maximum absolute atomic E-state index is 12.0. The van der Waals surface area contributed by atoms with E-state index in [1.165, 1.54) is 13.1 Å². The van der Waals surface area contributed by atoms with Crippen LogP contribution in [0.15, 0.2) is 53.6 Å². The molecule has 1 N–H and O–H groups in total. The van der Waals surface area contributed by atoms with Crippen LogP contribution in [0.2, 0.25) is 5.02 Å². The summed E-state index contributed by atoms with van der Waals surface area (Å²) < 4.78 is 5.24. The molecule has 0 fully saturated rings. The zero-order valence-corrected chi connectivity index (χ0v) is 12.5. The molecule has 5 nitrogen and oxygen atoms in total. The van der Waals surface area contributed by atoms with Crippen LogP contribution < -0.4 is 10.2 Å². The molecule has 0 bridgehead atoms. The number of halogens is 1. The lowest BCUT2D eigenvalue weighted by Crippen LogP contribution is -2.12. The summed E-state index contributed by atoms with van der Waals surface area (Å²) in [7, 11) is 0. The van der Waals surface area contributed by atoms with Gasteiger partial charge in [-0.1, -0.05) is 23.7 Å². The minimum Gasteiger partial charge on any atom is -0.423 e. The van der Waals surface area contributed by atoms with Gasteiger partial charge < -0.3 is 4.74 Å². The highest BCUT2D eigenvalue weighted by atomic mass is 35.5. The zero-order chi connectivity index (χ0) is 15.9. The molecule has 0 radical (unpaired) electrons. The van der Waals surface area contributed by atoms with Crippen LogP contribution in [0.1, 0.15) is 22.8 Å². The summed E-state index contributed by atoms with van der Waals surface area (Å²) in [5, 5.41) is 4.08. The van der Waals surface area contributed by atoms with Crippen LogP contribution in [0.25, 0.3) is 0 Å². The van der Waals surface area contributed by atoms with E-state index < -0.39 is 5.97 Å². The second-order valence-electron chi connectivity index (χ2n) is 4.36. The smallest absolute Gasteiger partial charge is 0.345 e. The second-order valence-corrected chi connectivity index (χ2v) is 4.77. The van der Waals surface area contributed by atoms with Crippen molar-refractivity contribution in [1.82, 2.24) is 5.43 Å². The highest BCUT2D eigenvalue weighted by molar-refractivity contribution is 6.33. The van der Waals surface area contributed by atoms with Gasteiger partial charge in [-0.25, -0.2) is 10.2 Å². The van der Waals surface area contributed by atoms with Crippen molar-refractivity contribution < 1.29 is 14.3 Å². The largest absolute Gasteiger partial charge is 0.423 e. The Hall–Kier alpha value is -2.66. The minimum absolute atomic E-state index is 0.249. The summed E-state index contributed by atoms with van der Waals surface area (Å²) >= 11 is 5.94. The summed E-state index contributed by atoms with van der Waals surface area (Å²) in [5.41, 5.74) is 3.36. The Morgan fingerprint density at radius 3 is 2.45 bits per heavy atom. The Morgan fingerprint density at radius 2 is 1.82 bits per heavy atom. The van der Waals surface area contributed by atoms with Crippen LogP contribution in [0.3, 0.4) is 0 Å². The molecular formula is C16H13ClN2O3. The molecule has 0 aliphatic carbocycles. The molecule has 22 heavy (non-hydrogen) atoms. The number of carbonyl (C=O) groups is 2. The van der Waals surface area contributed by atoms with Crippen LogP contribution >= 0.6 is 11.6 Å². The van der Waals surface area contributed by atoms with Crippen molar-refractivity contribution in [3.8, 4) is 5.75 Å². The SMILES string of the molecule is CC(=O)NN=Cc1ccc(OC(=O)c2ccccc2Cl)cc1. The molecule has 2 rings (SSSR count). The Kier molecular flexibility index (Phi) is 5.27. The summed E-state index contributed by atoms with van der Waals surface area (Å²) in [6.45, 7) is 1.37. The summed E-state index contributed by atoms with van der Waals surface area (Å²) in [6.07, 6.45) is 1.49. The van der Waals surface area contributed by atoms with Gasteiger partial charge in [0.05, 0.1) is 16.8 Å². The molecule has 0 aliphatic heterocycles. The summed E-state index contributed by atoms with van der Waals surface area (Å²) in [6, 6.07) is 13.3. The first-order valence-electron chi connectivity index (χ1n) is 6.42. The van der Waals surface area contributed by atoms with Crippen molar-refractivity contribution in [2.24, 2.45) is 5.10 Å². The molecule has 0 saturated carbocycles. The normalized spacial score (nSPS) is 10.5. The molecule has 0 heterocycles. The van der Waals surface area contributed by atoms with Crippen molar-refractivity contribution in [2.75, 3.05) is 0 Å². The van der Waals surface area contributed by atoms with Crippen LogP contribution in [0, 0.1) is 0 Å². The van der Waals surface area contributed by atoms with Gasteiger partial charge in [0.1, 0.15) is 5.75 Å². The fourth-order valence-electron chi connectivity index (χ4n) is 1.61. The highest BCUT2D eigenvalue weighted by Crippen LogP contribution is 2.18. The average Bonchev–Trinajstić information content (AvgIpc) is 2.49. The first-order chi connectivity index (χ1) is 10.6. The molecule has 112 valence electrons. The lowest BCUT2D eigenvalue weighted by atomic mass is 10.2. The van der Waals surface area contributed by atoms with Crippen LogP contribution in [-0.2, 0) is 4.79 Å². The third-order valence-electron chi connectivity index (χ3n) is 2.62. The van der Waals surface area contributed by atoms with Crippen molar-refractivity contribution in [2.45, 2.75) is 6.92 Å². The molecular weight excluding hydrogens is 304 g/mol. The van der Waals surface area contributed by atoms with E-state index in [1.54, 1.807) is 48.5 Å². The second kappa shape index (κ2) is 7.38. The number of carbonyl (C=O) groups excluding carboxylic acids is 2. The number of hydrogen-bond donors (Lipinski definition) is 1. The first kappa shape index (κ1) is 15.7. The van der Waals surface area contributed by atoms with E-state index in [0.717, 1.165) is 5.56 Å². The number of esters is 1. The van der Waals surface area contributed by atoms with Gasteiger partial charge in [-0.2, -0.15) is 5.10 Å². The van der Waals surface area contributed by atoms with E-state index in [-0.39, 0.29) is 5.91 Å². The standard InChI is InChI=1S/C16H13ClN2O3/c1-11(20)19-18-10-12-6-8-13(9-7-12)22-16(21)14-4-2-3-5-15(14)17/h2-10H,1H3,(H,19,20). The number of ether oxygens (including phenoxy) is 1. The third-order valence-corrected chi connectivity index (χ3v) is 2.95. The van der Waals surface area contributed by atoms with E-state index in [2.05, 4.69) is 10.5 Å². The quantitative estimate of drug-likeness (QED) is 0.408. The van der Waals surface area contributed by atoms with Crippen molar-refractivity contribution in [1.29, 1.82) is 0 Å². The van der Waals surface area contributed by atoms with Gasteiger partial charge in [-0.3, -0.25) is 4.79 Å². The van der Waals surface area contributed by atoms with Gasteiger partial charge in [-0.15, -0.1) is 0 Å². The van der Waals surface area contributed by atoms with E-state index in [9.17, 15) is 9.59 Å². The van der Waals surface area contributed by atoms with E-state index >= 15 is 0 Å². The van der Waals surface area contributed by atoms with E-state index in [1.807, 2.05) is 0 Å². The van der Waals surface area contributed by atoms with Crippen molar-refractivity contribution >= 4 is 29.7 Å². The molecule has 0 saturated heterocycles. The summed E-state index contributed by atoms with van der Waals surface area (Å²) in [5.74, 6) is -0.381. The molecule has 0 spiro atoms. The molecule has 1 amide bonds. The Labute approximate surface area is 132 Å². The molecule has 0 atom stereocenters. The number of rotatable bonds is 4. The number of hydrogen-bond acceptors (Lipinski definition) is 4. The van der Waals surface area contributed by atoms with Gasteiger partial charge in [0.15, 0.2) is 0 Å². The number of benzene rings is 2. The summed E-state index contributed by atoms with van der Waals surface area (Å²) in [4.78, 5) is 22.7. The number of amides is 1. The lowest BCUT2D eigenvalue weighted by Gasteiger charge is -2.05. The predicted molar refractivity (Wildman–Crippen MR) is 84.3 cm³/mol. The van der Waals surface area contributed by atoms with Crippen LogP contribution in [0.4, 0.5) is 0 Å². The maximum atomic E-state index is 12.0. The third kappa shape index (κ3) is 4.43. The van der Waals surface area contributed by atoms with Crippen molar-refractivity contribution in [3.63, 3.8) is 0 Å². The van der Waals surface area contributed by atoms with Gasteiger partial charge in [0, 0.05) is 6.92 Å². The molecule has 0 aliphatic rings. The average molecular weight is 317 g/mol. The van der Waals surface area contributed by atoms with Gasteiger partial charge in [-0.05, 0) is 42.0 Å². The first-order valence-corrected chi connectivity index (χ1v) is 6.80. The molecule has 2 aromatic carbocycles. The predicted octanol–water partition coefficient (Wildman–Crippen LogP) is 3.03. The fourth-order valence-corrected chi connectivity index (χ4v) is 1.82. The highest BCUT2D eigenvalue weighted by Gasteiger charge is 2.11. The Morgan fingerprint density at radius 1 is 1.14 bits per heavy atom. The Bertz CT molecular complexity index is 712. The van der Waals surface area contributed by atoms with Crippen LogP contribution in [0.5, 0.6) is 5.75 Å².